The number of hydrogen-bond donors (Lipinski definition) is 6. The van der Waals surface area contributed by atoms with Gasteiger partial charge in [0.1, 0.15) is 18.0 Å². The Bertz CT molecular complexity index is 428. The van der Waals surface area contributed by atoms with Gasteiger partial charge in [-0.25, -0.2) is 4.98 Å². The summed E-state index contributed by atoms with van der Waals surface area (Å²) in [5.74, 6) is 0.410. The number of hydrogen-bond acceptors (Lipinski definition) is 7. The van der Waals surface area contributed by atoms with E-state index in [1.165, 1.54) is 0 Å². The maximum absolute atomic E-state index is 9.64. The molecule has 0 saturated heterocycles. The van der Waals surface area contributed by atoms with Crippen LogP contribution in [0.3, 0.4) is 0 Å². The van der Waals surface area contributed by atoms with Crippen LogP contribution in [0.15, 0.2) is 6.07 Å². The molecule has 1 aromatic rings. The molecule has 1 aromatic heterocycles. The standard InChI is InChI=1S/C12H21N3O4/c1-6-3-8(13)12(15-7(6)2)14-4-9(17)11(19)10(18)5-16/h3,9-11,16-19H,4-5,13H2,1-2H3,(H,14,15)/t9-,10+,11-/m0/s1. The molecule has 7 heteroatoms. The molecule has 7 N–H and O–H groups in total. The van der Waals surface area contributed by atoms with Crippen LogP contribution in [-0.2, 0) is 0 Å². The number of pyridine rings is 1. The van der Waals surface area contributed by atoms with E-state index in [-0.39, 0.29) is 6.54 Å². The second-order valence-electron chi connectivity index (χ2n) is 4.52. The first-order valence-electron chi connectivity index (χ1n) is 5.99. The van der Waals surface area contributed by atoms with Crippen LogP contribution in [0, 0.1) is 13.8 Å². The zero-order chi connectivity index (χ0) is 14.6. The van der Waals surface area contributed by atoms with Gasteiger partial charge in [0.25, 0.3) is 0 Å². The van der Waals surface area contributed by atoms with Gasteiger partial charge in [0.15, 0.2) is 0 Å². The van der Waals surface area contributed by atoms with Crippen molar-refractivity contribution in [1.82, 2.24) is 4.98 Å². The Kier molecular flexibility index (Phi) is 5.49. The van der Waals surface area contributed by atoms with E-state index in [2.05, 4.69) is 10.3 Å². The van der Waals surface area contributed by atoms with Crippen LogP contribution in [0.2, 0.25) is 0 Å². The molecule has 0 aromatic carbocycles. The Morgan fingerprint density at radius 2 is 1.89 bits per heavy atom. The first kappa shape index (κ1) is 15.6. The zero-order valence-electron chi connectivity index (χ0n) is 11.0. The number of rotatable bonds is 6. The van der Waals surface area contributed by atoms with E-state index in [0.717, 1.165) is 11.3 Å². The minimum Gasteiger partial charge on any atom is -0.396 e. The van der Waals surface area contributed by atoms with Crippen molar-refractivity contribution < 1.29 is 20.4 Å². The van der Waals surface area contributed by atoms with Crippen molar-refractivity contribution in [3.05, 3.63) is 17.3 Å². The Morgan fingerprint density at radius 3 is 2.47 bits per heavy atom. The van der Waals surface area contributed by atoms with Gasteiger partial charge in [-0.3, -0.25) is 0 Å². The second-order valence-corrected chi connectivity index (χ2v) is 4.52. The number of aliphatic hydroxyl groups excluding tert-OH is 4. The van der Waals surface area contributed by atoms with Crippen molar-refractivity contribution in [2.75, 3.05) is 24.2 Å². The highest BCUT2D eigenvalue weighted by molar-refractivity contribution is 5.62. The molecular formula is C12H21N3O4. The summed E-state index contributed by atoms with van der Waals surface area (Å²) in [5, 5.41) is 39.8. The van der Waals surface area contributed by atoms with Crippen LogP contribution in [0.25, 0.3) is 0 Å². The number of nitrogens with two attached hydrogens (primary N) is 1. The molecular weight excluding hydrogens is 250 g/mol. The molecule has 0 aliphatic heterocycles. The molecule has 7 nitrogen and oxygen atoms in total. The number of nitrogens with zero attached hydrogens (tertiary/aromatic N) is 1. The Hall–Kier alpha value is -1.41. The number of nitrogens with one attached hydrogen (secondary N) is 1. The van der Waals surface area contributed by atoms with E-state index >= 15 is 0 Å². The van der Waals surface area contributed by atoms with Gasteiger partial charge >= 0.3 is 0 Å². The van der Waals surface area contributed by atoms with Crippen LogP contribution in [0.4, 0.5) is 11.5 Å². The van der Waals surface area contributed by atoms with Crippen LogP contribution in [0.1, 0.15) is 11.3 Å². The van der Waals surface area contributed by atoms with Crippen molar-refractivity contribution in [2.24, 2.45) is 0 Å². The highest BCUT2D eigenvalue weighted by Crippen LogP contribution is 2.19. The van der Waals surface area contributed by atoms with Gasteiger partial charge in [0.05, 0.1) is 18.4 Å². The van der Waals surface area contributed by atoms with E-state index in [1.54, 1.807) is 6.07 Å². The third kappa shape index (κ3) is 4.03. The lowest BCUT2D eigenvalue weighted by atomic mass is 10.1. The fraction of sp³-hybridized carbons (Fsp3) is 0.583. The number of aromatic nitrogens is 1. The molecule has 0 amide bonds. The quantitative estimate of drug-likeness (QED) is 0.381. The van der Waals surface area contributed by atoms with E-state index < -0.39 is 24.9 Å². The minimum atomic E-state index is -1.44. The van der Waals surface area contributed by atoms with Gasteiger partial charge in [0.2, 0.25) is 0 Å². The fourth-order valence-corrected chi connectivity index (χ4v) is 1.55. The summed E-state index contributed by atoms with van der Waals surface area (Å²) in [5.41, 5.74) is 7.98. The summed E-state index contributed by atoms with van der Waals surface area (Å²) in [7, 11) is 0. The largest absolute Gasteiger partial charge is 0.396 e. The predicted octanol–water partition coefficient (Wildman–Crippen LogP) is -1.23. The van der Waals surface area contributed by atoms with Gasteiger partial charge in [-0.15, -0.1) is 0 Å². The molecule has 19 heavy (non-hydrogen) atoms. The normalized spacial score (nSPS) is 15.9. The summed E-state index contributed by atoms with van der Waals surface area (Å²) in [6.45, 7) is 3.06. The van der Waals surface area contributed by atoms with Crippen molar-refractivity contribution in [2.45, 2.75) is 32.2 Å². The van der Waals surface area contributed by atoms with Crippen LogP contribution >= 0.6 is 0 Å². The van der Waals surface area contributed by atoms with Crippen molar-refractivity contribution in [1.29, 1.82) is 0 Å². The number of aliphatic hydroxyl groups is 4. The van der Waals surface area contributed by atoms with Gasteiger partial charge in [-0.1, -0.05) is 0 Å². The Morgan fingerprint density at radius 1 is 1.26 bits per heavy atom. The maximum Gasteiger partial charge on any atom is 0.149 e. The summed E-state index contributed by atoms with van der Waals surface area (Å²) in [6, 6.07) is 1.76. The molecule has 1 heterocycles. The lowest BCUT2D eigenvalue weighted by Crippen LogP contribution is -2.43. The fourth-order valence-electron chi connectivity index (χ4n) is 1.55. The van der Waals surface area contributed by atoms with Gasteiger partial charge in [-0.05, 0) is 25.5 Å². The van der Waals surface area contributed by atoms with Crippen molar-refractivity contribution in [3.63, 3.8) is 0 Å². The van der Waals surface area contributed by atoms with Crippen LogP contribution < -0.4 is 11.1 Å². The lowest BCUT2D eigenvalue weighted by Gasteiger charge is -2.22. The van der Waals surface area contributed by atoms with E-state index in [4.69, 9.17) is 10.8 Å². The Labute approximate surface area is 111 Å². The highest BCUT2D eigenvalue weighted by atomic mass is 16.4. The zero-order valence-corrected chi connectivity index (χ0v) is 11.0. The average molecular weight is 271 g/mol. The molecule has 108 valence electrons. The molecule has 0 bridgehead atoms. The monoisotopic (exact) mass is 271 g/mol. The maximum atomic E-state index is 9.64. The third-order valence-electron chi connectivity index (χ3n) is 2.95. The van der Waals surface area contributed by atoms with Crippen molar-refractivity contribution >= 4 is 11.5 Å². The van der Waals surface area contributed by atoms with E-state index in [1.807, 2.05) is 13.8 Å². The smallest absolute Gasteiger partial charge is 0.149 e. The SMILES string of the molecule is Cc1cc(N)c(NC[C@H](O)[C@H](O)[C@H](O)CO)nc1C. The van der Waals surface area contributed by atoms with Gasteiger partial charge in [0, 0.05) is 12.2 Å². The van der Waals surface area contributed by atoms with Crippen LogP contribution in [0.5, 0.6) is 0 Å². The number of anilines is 2. The number of aryl methyl sites for hydroxylation is 2. The summed E-state index contributed by atoms with van der Waals surface area (Å²) < 4.78 is 0. The first-order valence-corrected chi connectivity index (χ1v) is 5.99. The van der Waals surface area contributed by atoms with E-state index in [9.17, 15) is 15.3 Å². The lowest BCUT2D eigenvalue weighted by molar-refractivity contribution is -0.0715. The van der Waals surface area contributed by atoms with Crippen LogP contribution in [-0.4, -0.2) is 56.9 Å². The average Bonchev–Trinajstić information content (AvgIpc) is 2.39. The van der Waals surface area contributed by atoms with Gasteiger partial charge < -0.3 is 31.5 Å². The predicted molar refractivity (Wildman–Crippen MR) is 71.7 cm³/mol. The molecule has 0 aliphatic carbocycles. The molecule has 0 fully saturated rings. The van der Waals surface area contributed by atoms with Crippen molar-refractivity contribution in [3.8, 4) is 0 Å². The highest BCUT2D eigenvalue weighted by Gasteiger charge is 2.24. The van der Waals surface area contributed by atoms with Gasteiger partial charge in [-0.2, -0.15) is 0 Å². The number of nitrogen functional groups attached to an aromatic ring is 1. The molecule has 0 unspecified atom stereocenters. The minimum absolute atomic E-state index is 0.0437. The summed E-state index contributed by atoms with van der Waals surface area (Å²) in [4.78, 5) is 4.23. The topological polar surface area (TPSA) is 132 Å². The third-order valence-corrected chi connectivity index (χ3v) is 2.95. The first-order chi connectivity index (χ1) is 8.86. The molecule has 3 atom stereocenters. The summed E-state index contributed by atoms with van der Waals surface area (Å²) >= 11 is 0. The Balaban J connectivity index is 2.64. The molecule has 1 rings (SSSR count). The summed E-state index contributed by atoms with van der Waals surface area (Å²) in [6.07, 6.45) is -4.07. The second kappa shape index (κ2) is 6.67. The molecule has 0 aliphatic rings. The molecule has 0 spiro atoms. The molecule has 0 radical (unpaired) electrons. The molecule has 0 saturated carbocycles. The van der Waals surface area contributed by atoms with E-state index in [0.29, 0.717) is 11.5 Å².